The molecule has 3 N–H and O–H groups in total. The van der Waals surface area contributed by atoms with Crippen molar-refractivity contribution in [2.45, 2.75) is 32.4 Å². The van der Waals surface area contributed by atoms with E-state index in [2.05, 4.69) is 4.90 Å². The minimum Gasteiger partial charge on any atom is -0.508 e. The highest BCUT2D eigenvalue weighted by atomic mass is 16.4. The fourth-order valence-electron chi connectivity index (χ4n) is 2.90. The first-order chi connectivity index (χ1) is 8.91. The van der Waals surface area contributed by atoms with Crippen LogP contribution in [-0.4, -0.2) is 38.8 Å². The van der Waals surface area contributed by atoms with Crippen LogP contribution in [0.15, 0.2) is 18.2 Å². The average Bonchev–Trinajstić information content (AvgIpc) is 2.70. The smallest absolute Gasteiger partial charge is 0.308 e. The Morgan fingerprint density at radius 3 is 2.63 bits per heavy atom. The lowest BCUT2D eigenvalue weighted by atomic mass is 10.0. The fraction of sp³-hybridized carbons (Fsp3) is 0.500. The maximum Gasteiger partial charge on any atom is 0.308 e. The standard InChI is InChI=1S/C14H19NO4/c1-8(11-4-3-10(16)7-13(11)17)15-6-5-12(9(15)2)14(18)19/h3-4,7-9,12,16-17H,5-6H2,1-2H3,(H,18,19). The van der Waals surface area contributed by atoms with E-state index in [9.17, 15) is 15.0 Å². The van der Waals surface area contributed by atoms with E-state index >= 15 is 0 Å². The summed E-state index contributed by atoms with van der Waals surface area (Å²) >= 11 is 0. The van der Waals surface area contributed by atoms with Gasteiger partial charge in [0, 0.05) is 23.7 Å². The molecule has 1 saturated heterocycles. The lowest BCUT2D eigenvalue weighted by Crippen LogP contribution is -2.34. The van der Waals surface area contributed by atoms with E-state index in [1.807, 2.05) is 13.8 Å². The Labute approximate surface area is 112 Å². The van der Waals surface area contributed by atoms with Crippen LogP contribution in [0.5, 0.6) is 11.5 Å². The van der Waals surface area contributed by atoms with Gasteiger partial charge in [-0.25, -0.2) is 0 Å². The van der Waals surface area contributed by atoms with Gasteiger partial charge in [0.15, 0.2) is 0 Å². The summed E-state index contributed by atoms with van der Waals surface area (Å²) in [7, 11) is 0. The van der Waals surface area contributed by atoms with Crippen molar-refractivity contribution >= 4 is 5.97 Å². The van der Waals surface area contributed by atoms with Crippen molar-refractivity contribution in [1.82, 2.24) is 4.90 Å². The molecule has 0 radical (unpaired) electrons. The Hall–Kier alpha value is -1.75. The number of hydrogen-bond donors (Lipinski definition) is 3. The third-order valence-electron chi connectivity index (χ3n) is 4.08. The van der Waals surface area contributed by atoms with Gasteiger partial charge in [-0.2, -0.15) is 0 Å². The van der Waals surface area contributed by atoms with Gasteiger partial charge >= 0.3 is 5.97 Å². The summed E-state index contributed by atoms with van der Waals surface area (Å²) in [4.78, 5) is 13.2. The number of phenols is 2. The summed E-state index contributed by atoms with van der Waals surface area (Å²) in [5, 5.41) is 28.3. The molecule has 0 aliphatic carbocycles. The van der Waals surface area contributed by atoms with Gasteiger partial charge in [0.25, 0.3) is 0 Å². The highest BCUT2D eigenvalue weighted by Gasteiger charge is 2.38. The van der Waals surface area contributed by atoms with E-state index in [1.165, 1.54) is 12.1 Å². The van der Waals surface area contributed by atoms with Gasteiger partial charge in [-0.15, -0.1) is 0 Å². The molecule has 1 heterocycles. The Morgan fingerprint density at radius 1 is 1.42 bits per heavy atom. The minimum atomic E-state index is -0.767. The van der Waals surface area contributed by atoms with Crippen LogP contribution in [0.25, 0.3) is 0 Å². The molecule has 0 saturated carbocycles. The van der Waals surface area contributed by atoms with Crippen molar-refractivity contribution in [2.24, 2.45) is 5.92 Å². The van der Waals surface area contributed by atoms with Crippen molar-refractivity contribution in [3.63, 3.8) is 0 Å². The van der Waals surface area contributed by atoms with Gasteiger partial charge in [0.05, 0.1) is 5.92 Å². The van der Waals surface area contributed by atoms with E-state index in [0.717, 1.165) is 0 Å². The Morgan fingerprint density at radius 2 is 2.11 bits per heavy atom. The number of hydrogen-bond acceptors (Lipinski definition) is 4. The molecular formula is C14H19NO4. The van der Waals surface area contributed by atoms with Crippen molar-refractivity contribution in [1.29, 1.82) is 0 Å². The average molecular weight is 265 g/mol. The monoisotopic (exact) mass is 265 g/mol. The van der Waals surface area contributed by atoms with Crippen LogP contribution in [0, 0.1) is 5.92 Å². The predicted molar refractivity (Wildman–Crippen MR) is 70.1 cm³/mol. The molecule has 5 heteroatoms. The summed E-state index contributed by atoms with van der Waals surface area (Å²) in [6, 6.07) is 4.36. The van der Waals surface area contributed by atoms with E-state index in [-0.39, 0.29) is 29.5 Å². The van der Waals surface area contributed by atoms with Crippen LogP contribution in [-0.2, 0) is 4.79 Å². The van der Waals surface area contributed by atoms with Gasteiger partial charge in [0.2, 0.25) is 0 Å². The molecule has 1 fully saturated rings. The number of carboxylic acid groups (broad SMARTS) is 1. The maximum atomic E-state index is 11.1. The quantitative estimate of drug-likeness (QED) is 0.778. The Balaban J connectivity index is 2.20. The van der Waals surface area contributed by atoms with E-state index in [0.29, 0.717) is 18.5 Å². The zero-order chi connectivity index (χ0) is 14.2. The topological polar surface area (TPSA) is 81.0 Å². The summed E-state index contributed by atoms with van der Waals surface area (Å²) in [6.45, 7) is 4.53. The fourth-order valence-corrected chi connectivity index (χ4v) is 2.90. The molecule has 0 bridgehead atoms. The number of rotatable bonds is 3. The van der Waals surface area contributed by atoms with E-state index in [1.54, 1.807) is 6.07 Å². The number of aliphatic carboxylic acids is 1. The number of benzene rings is 1. The van der Waals surface area contributed by atoms with Crippen molar-refractivity contribution < 1.29 is 20.1 Å². The summed E-state index contributed by atoms with van der Waals surface area (Å²) in [5.74, 6) is -1.07. The lowest BCUT2D eigenvalue weighted by molar-refractivity contribution is -0.142. The SMILES string of the molecule is CC(c1ccc(O)cc1O)N1CCC(C(=O)O)C1C. The third kappa shape index (κ3) is 2.51. The molecule has 104 valence electrons. The molecule has 2 rings (SSSR count). The molecule has 5 nitrogen and oxygen atoms in total. The first-order valence-electron chi connectivity index (χ1n) is 6.42. The van der Waals surface area contributed by atoms with Crippen LogP contribution in [0.4, 0.5) is 0 Å². The molecule has 1 aromatic carbocycles. The molecular weight excluding hydrogens is 246 g/mol. The van der Waals surface area contributed by atoms with Gasteiger partial charge in [-0.05, 0) is 32.9 Å². The maximum absolute atomic E-state index is 11.1. The highest BCUT2D eigenvalue weighted by Crippen LogP contribution is 2.36. The number of aromatic hydroxyl groups is 2. The van der Waals surface area contributed by atoms with Crippen LogP contribution in [0.1, 0.15) is 31.9 Å². The first-order valence-corrected chi connectivity index (χ1v) is 6.42. The van der Waals surface area contributed by atoms with Crippen molar-refractivity contribution in [3.05, 3.63) is 23.8 Å². The molecule has 3 atom stereocenters. The molecule has 0 aromatic heterocycles. The van der Waals surface area contributed by atoms with Crippen LogP contribution in [0.2, 0.25) is 0 Å². The number of phenolic OH excluding ortho intramolecular Hbond substituents is 2. The predicted octanol–water partition coefficient (Wildman–Crippen LogP) is 1.95. The first kappa shape index (κ1) is 13.7. The van der Waals surface area contributed by atoms with Gasteiger partial charge in [0.1, 0.15) is 11.5 Å². The zero-order valence-electron chi connectivity index (χ0n) is 11.1. The molecule has 0 spiro atoms. The molecule has 0 amide bonds. The van der Waals surface area contributed by atoms with Gasteiger partial charge in [-0.3, -0.25) is 9.69 Å². The van der Waals surface area contributed by atoms with E-state index in [4.69, 9.17) is 5.11 Å². The van der Waals surface area contributed by atoms with Crippen LogP contribution < -0.4 is 0 Å². The second-order valence-electron chi connectivity index (χ2n) is 5.13. The Kier molecular flexibility index (Phi) is 3.66. The Bertz CT molecular complexity index is 488. The number of likely N-dealkylation sites (tertiary alicyclic amines) is 1. The molecule has 1 aromatic rings. The molecule has 3 unspecified atom stereocenters. The minimum absolute atomic E-state index is 0.0198. The molecule has 19 heavy (non-hydrogen) atoms. The highest BCUT2D eigenvalue weighted by molar-refractivity contribution is 5.71. The number of carbonyl (C=O) groups is 1. The van der Waals surface area contributed by atoms with E-state index < -0.39 is 5.97 Å². The summed E-state index contributed by atoms with van der Waals surface area (Å²) in [6.07, 6.45) is 0.625. The zero-order valence-corrected chi connectivity index (χ0v) is 11.1. The van der Waals surface area contributed by atoms with Crippen molar-refractivity contribution in [2.75, 3.05) is 6.54 Å². The molecule has 1 aliphatic rings. The lowest BCUT2D eigenvalue weighted by Gasteiger charge is -2.30. The second kappa shape index (κ2) is 5.09. The van der Waals surface area contributed by atoms with Gasteiger partial charge < -0.3 is 15.3 Å². The third-order valence-corrected chi connectivity index (χ3v) is 4.08. The summed E-state index contributed by atoms with van der Waals surface area (Å²) < 4.78 is 0. The van der Waals surface area contributed by atoms with Crippen LogP contribution in [0.3, 0.4) is 0 Å². The number of carboxylic acids is 1. The van der Waals surface area contributed by atoms with Crippen molar-refractivity contribution in [3.8, 4) is 11.5 Å². The summed E-state index contributed by atoms with van der Waals surface area (Å²) in [5.41, 5.74) is 0.704. The number of nitrogens with zero attached hydrogens (tertiary/aromatic N) is 1. The largest absolute Gasteiger partial charge is 0.508 e. The van der Waals surface area contributed by atoms with Crippen LogP contribution >= 0.6 is 0 Å². The van der Waals surface area contributed by atoms with Gasteiger partial charge in [-0.1, -0.05) is 6.07 Å². The second-order valence-corrected chi connectivity index (χ2v) is 5.13. The molecule has 1 aliphatic heterocycles. The normalized spacial score (nSPS) is 25.4.